The lowest BCUT2D eigenvalue weighted by Crippen LogP contribution is -2.07. The molecule has 1 aromatic heterocycles. The summed E-state index contributed by atoms with van der Waals surface area (Å²) in [6, 6.07) is 8.24. The molecule has 5 nitrogen and oxygen atoms in total. The van der Waals surface area contributed by atoms with E-state index in [2.05, 4.69) is 5.10 Å². The van der Waals surface area contributed by atoms with E-state index in [0.717, 1.165) is 0 Å². The topological polar surface area (TPSA) is 78.0 Å². The predicted molar refractivity (Wildman–Crippen MR) is 74.4 cm³/mol. The van der Waals surface area contributed by atoms with E-state index in [9.17, 15) is 8.42 Å². The van der Waals surface area contributed by atoms with Crippen molar-refractivity contribution in [2.75, 3.05) is 5.73 Å². The first kappa shape index (κ1) is 13.6. The number of anilines is 1. The molecule has 0 atom stereocenters. The Morgan fingerprint density at radius 2 is 2.05 bits per heavy atom. The predicted octanol–water partition coefficient (Wildman–Crippen LogP) is 2.02. The largest absolute Gasteiger partial charge is 0.399 e. The second-order valence-electron chi connectivity index (χ2n) is 4.71. The number of nitrogens with two attached hydrogens (primary N) is 1. The minimum Gasteiger partial charge on any atom is -0.399 e. The highest BCUT2D eigenvalue weighted by atomic mass is 32.2. The Morgan fingerprint density at radius 3 is 2.63 bits per heavy atom. The van der Waals surface area contributed by atoms with E-state index >= 15 is 0 Å². The number of rotatable bonds is 4. The molecule has 0 saturated carbocycles. The van der Waals surface area contributed by atoms with Gasteiger partial charge < -0.3 is 5.73 Å². The van der Waals surface area contributed by atoms with Gasteiger partial charge in [0, 0.05) is 17.9 Å². The van der Waals surface area contributed by atoms with Crippen molar-refractivity contribution in [3.63, 3.8) is 0 Å². The van der Waals surface area contributed by atoms with Gasteiger partial charge in [-0.05, 0) is 38.1 Å². The van der Waals surface area contributed by atoms with Crippen LogP contribution in [0.25, 0.3) is 0 Å². The minimum absolute atomic E-state index is 0.115. The molecule has 0 saturated heterocycles. The molecule has 0 bridgehead atoms. The molecule has 1 aromatic carbocycles. The van der Waals surface area contributed by atoms with Gasteiger partial charge in [0.15, 0.2) is 9.84 Å². The minimum atomic E-state index is -3.40. The standard InChI is InChI=1S/C13H17N3O2S/c1-10(2)16-7-6-12(15-16)9-19(17,18)13-5-3-4-11(14)8-13/h3-8,10H,9,14H2,1-2H3. The summed E-state index contributed by atoms with van der Waals surface area (Å²) in [5, 5.41) is 4.25. The molecule has 1 heterocycles. The Kier molecular flexibility index (Phi) is 3.61. The van der Waals surface area contributed by atoms with Gasteiger partial charge in [0.2, 0.25) is 0 Å². The van der Waals surface area contributed by atoms with Crippen molar-refractivity contribution in [2.24, 2.45) is 0 Å². The highest BCUT2D eigenvalue weighted by Gasteiger charge is 2.17. The fourth-order valence-electron chi connectivity index (χ4n) is 1.73. The number of nitrogen functional groups attached to an aromatic ring is 1. The van der Waals surface area contributed by atoms with Crippen LogP contribution in [0.2, 0.25) is 0 Å². The van der Waals surface area contributed by atoms with Crippen molar-refractivity contribution in [3.05, 3.63) is 42.2 Å². The second-order valence-corrected chi connectivity index (χ2v) is 6.70. The van der Waals surface area contributed by atoms with Crippen molar-refractivity contribution >= 4 is 15.5 Å². The van der Waals surface area contributed by atoms with E-state index in [1.54, 1.807) is 35.1 Å². The molecule has 19 heavy (non-hydrogen) atoms. The summed E-state index contributed by atoms with van der Waals surface area (Å²) in [6.07, 6.45) is 1.79. The lowest BCUT2D eigenvalue weighted by atomic mass is 10.3. The van der Waals surface area contributed by atoms with Crippen LogP contribution in [-0.4, -0.2) is 18.2 Å². The van der Waals surface area contributed by atoms with Crippen LogP contribution in [0, 0.1) is 0 Å². The zero-order valence-electron chi connectivity index (χ0n) is 10.9. The number of aromatic nitrogens is 2. The first-order valence-corrected chi connectivity index (χ1v) is 7.66. The van der Waals surface area contributed by atoms with E-state index in [1.807, 2.05) is 13.8 Å². The van der Waals surface area contributed by atoms with Crippen LogP contribution in [0.15, 0.2) is 41.4 Å². The number of sulfone groups is 1. The van der Waals surface area contributed by atoms with E-state index in [0.29, 0.717) is 11.4 Å². The Hall–Kier alpha value is -1.82. The monoisotopic (exact) mass is 279 g/mol. The summed E-state index contributed by atoms with van der Waals surface area (Å²) in [4.78, 5) is 0.228. The lowest BCUT2D eigenvalue weighted by molar-refractivity contribution is 0.527. The molecule has 0 unspecified atom stereocenters. The maximum atomic E-state index is 12.2. The van der Waals surface area contributed by atoms with Crippen LogP contribution in [0.5, 0.6) is 0 Å². The van der Waals surface area contributed by atoms with Gasteiger partial charge in [0.25, 0.3) is 0 Å². The highest BCUT2D eigenvalue weighted by molar-refractivity contribution is 7.90. The van der Waals surface area contributed by atoms with Gasteiger partial charge in [-0.1, -0.05) is 6.07 Å². The maximum absolute atomic E-state index is 12.2. The molecule has 0 spiro atoms. The molecule has 0 aliphatic heterocycles. The number of hydrogen-bond acceptors (Lipinski definition) is 4. The summed E-state index contributed by atoms with van der Waals surface area (Å²) < 4.78 is 26.2. The number of hydrogen-bond donors (Lipinski definition) is 1. The normalized spacial score (nSPS) is 11.9. The van der Waals surface area contributed by atoms with E-state index in [4.69, 9.17) is 5.73 Å². The molecule has 0 radical (unpaired) electrons. The summed E-state index contributed by atoms with van der Waals surface area (Å²) in [5.74, 6) is -0.115. The van der Waals surface area contributed by atoms with E-state index < -0.39 is 9.84 Å². The fraction of sp³-hybridized carbons (Fsp3) is 0.308. The summed E-state index contributed by atoms with van der Waals surface area (Å²) in [6.45, 7) is 3.98. The van der Waals surface area contributed by atoms with Crippen LogP contribution in [0.4, 0.5) is 5.69 Å². The SMILES string of the molecule is CC(C)n1ccc(CS(=O)(=O)c2cccc(N)c2)n1. The summed E-state index contributed by atoms with van der Waals surface area (Å²) in [7, 11) is -3.40. The third-order valence-corrected chi connectivity index (χ3v) is 4.40. The fourth-order valence-corrected chi connectivity index (χ4v) is 3.04. The lowest BCUT2D eigenvalue weighted by Gasteiger charge is -2.05. The van der Waals surface area contributed by atoms with Crippen LogP contribution in [0.3, 0.4) is 0 Å². The third-order valence-electron chi connectivity index (χ3n) is 2.75. The Bertz CT molecular complexity index is 675. The Labute approximate surface area is 113 Å². The second kappa shape index (κ2) is 5.05. The first-order valence-electron chi connectivity index (χ1n) is 6.01. The van der Waals surface area contributed by atoms with Crippen LogP contribution in [-0.2, 0) is 15.6 Å². The summed E-state index contributed by atoms with van der Waals surface area (Å²) >= 11 is 0. The zero-order valence-corrected chi connectivity index (χ0v) is 11.8. The zero-order chi connectivity index (χ0) is 14.0. The molecule has 2 rings (SSSR count). The van der Waals surface area contributed by atoms with Gasteiger partial charge in [-0.2, -0.15) is 5.10 Å². The van der Waals surface area contributed by atoms with Gasteiger partial charge in [-0.3, -0.25) is 4.68 Å². The van der Waals surface area contributed by atoms with Gasteiger partial charge in [0.1, 0.15) is 0 Å². The maximum Gasteiger partial charge on any atom is 0.184 e. The molecular weight excluding hydrogens is 262 g/mol. The number of nitrogens with zero attached hydrogens (tertiary/aromatic N) is 2. The van der Waals surface area contributed by atoms with Crippen molar-refractivity contribution in [2.45, 2.75) is 30.5 Å². The van der Waals surface area contributed by atoms with Crippen molar-refractivity contribution in [1.82, 2.24) is 9.78 Å². The van der Waals surface area contributed by atoms with Gasteiger partial charge >= 0.3 is 0 Å². The van der Waals surface area contributed by atoms with Crippen LogP contribution < -0.4 is 5.73 Å². The molecule has 0 fully saturated rings. The molecule has 0 aliphatic carbocycles. The van der Waals surface area contributed by atoms with Gasteiger partial charge in [-0.25, -0.2) is 8.42 Å². The Morgan fingerprint density at radius 1 is 1.32 bits per heavy atom. The Balaban J connectivity index is 2.26. The van der Waals surface area contributed by atoms with Crippen molar-refractivity contribution in [3.8, 4) is 0 Å². The molecule has 0 amide bonds. The van der Waals surface area contributed by atoms with Crippen LogP contribution >= 0.6 is 0 Å². The smallest absolute Gasteiger partial charge is 0.184 e. The molecular formula is C13H17N3O2S. The quantitative estimate of drug-likeness (QED) is 0.868. The average molecular weight is 279 g/mol. The molecule has 2 aromatic rings. The molecule has 6 heteroatoms. The van der Waals surface area contributed by atoms with E-state index in [-0.39, 0.29) is 16.7 Å². The molecule has 0 aliphatic rings. The number of benzene rings is 1. The highest BCUT2D eigenvalue weighted by Crippen LogP contribution is 2.18. The third kappa shape index (κ3) is 3.14. The average Bonchev–Trinajstić information content (AvgIpc) is 2.77. The van der Waals surface area contributed by atoms with Gasteiger partial charge in [-0.15, -0.1) is 0 Å². The van der Waals surface area contributed by atoms with Crippen molar-refractivity contribution in [1.29, 1.82) is 0 Å². The van der Waals surface area contributed by atoms with Crippen molar-refractivity contribution < 1.29 is 8.42 Å². The summed E-state index contributed by atoms with van der Waals surface area (Å²) in [5.41, 5.74) is 6.59. The molecule has 2 N–H and O–H groups in total. The van der Waals surface area contributed by atoms with Crippen LogP contribution in [0.1, 0.15) is 25.6 Å². The van der Waals surface area contributed by atoms with Gasteiger partial charge in [0.05, 0.1) is 16.3 Å². The molecule has 102 valence electrons. The van der Waals surface area contributed by atoms with E-state index in [1.165, 1.54) is 6.07 Å². The first-order chi connectivity index (χ1) is 8.88.